The van der Waals surface area contributed by atoms with Crippen molar-refractivity contribution in [3.8, 4) is 5.88 Å². The molecule has 13 heavy (non-hydrogen) atoms. The van der Waals surface area contributed by atoms with E-state index in [2.05, 4.69) is 4.98 Å². The molecule has 1 aromatic heterocycles. The number of rotatable bonds is 3. The van der Waals surface area contributed by atoms with Crippen LogP contribution in [0.3, 0.4) is 0 Å². The fourth-order valence-corrected chi connectivity index (χ4v) is 1.10. The summed E-state index contributed by atoms with van der Waals surface area (Å²) in [5, 5.41) is 0. The molecule has 0 aliphatic carbocycles. The van der Waals surface area contributed by atoms with Crippen molar-refractivity contribution >= 4 is 17.7 Å². The Morgan fingerprint density at radius 3 is 2.85 bits per heavy atom. The highest BCUT2D eigenvalue weighted by Gasteiger charge is 1.97. The average molecular weight is 198 g/mol. The Morgan fingerprint density at radius 1 is 1.54 bits per heavy atom. The molecule has 2 nitrogen and oxygen atoms in total. The largest absolute Gasteiger partial charge is 0.481 e. The van der Waals surface area contributed by atoms with Crippen LogP contribution in [0.5, 0.6) is 5.88 Å². The number of aromatic nitrogens is 1. The number of methoxy groups -OCH3 is 1. The van der Waals surface area contributed by atoms with Gasteiger partial charge in [-0.2, -0.15) is 0 Å². The monoisotopic (exact) mass is 197 g/mol. The number of aryl methyl sites for hydroxylation is 1. The molecule has 0 aromatic carbocycles. The first kappa shape index (κ1) is 10.1. The summed E-state index contributed by atoms with van der Waals surface area (Å²) in [7, 11) is 1.61. The number of allylic oxidation sites excluding steroid dienone is 1. The van der Waals surface area contributed by atoms with E-state index < -0.39 is 0 Å². The Labute approximate surface area is 83.2 Å². The quantitative estimate of drug-likeness (QED) is 0.696. The van der Waals surface area contributed by atoms with Gasteiger partial charge in [-0.15, -0.1) is 11.6 Å². The highest BCUT2D eigenvalue weighted by Crippen LogP contribution is 2.13. The highest BCUT2D eigenvalue weighted by molar-refractivity contribution is 6.19. The molecule has 0 bridgehead atoms. The van der Waals surface area contributed by atoms with Crippen molar-refractivity contribution in [2.75, 3.05) is 13.0 Å². The SMILES string of the molecule is COc1ccc(C=CCCl)c(C)n1. The van der Waals surface area contributed by atoms with Crippen LogP contribution < -0.4 is 4.74 Å². The molecule has 0 spiro atoms. The standard InChI is InChI=1S/C10H12ClNO/c1-8-9(4-3-7-11)5-6-10(12-8)13-2/h3-6H,7H2,1-2H3. The lowest BCUT2D eigenvalue weighted by atomic mass is 10.2. The number of nitrogens with zero attached hydrogens (tertiary/aromatic N) is 1. The van der Waals surface area contributed by atoms with Gasteiger partial charge in [0.15, 0.2) is 0 Å². The summed E-state index contributed by atoms with van der Waals surface area (Å²) >= 11 is 5.53. The van der Waals surface area contributed by atoms with E-state index >= 15 is 0 Å². The lowest BCUT2D eigenvalue weighted by Gasteiger charge is -2.02. The van der Waals surface area contributed by atoms with Crippen LogP contribution in [0.4, 0.5) is 0 Å². The van der Waals surface area contributed by atoms with Crippen molar-refractivity contribution in [2.24, 2.45) is 0 Å². The fraction of sp³-hybridized carbons (Fsp3) is 0.300. The molecule has 3 heteroatoms. The predicted molar refractivity (Wildman–Crippen MR) is 55.3 cm³/mol. The van der Waals surface area contributed by atoms with E-state index in [0.717, 1.165) is 11.3 Å². The third kappa shape index (κ3) is 2.74. The Morgan fingerprint density at radius 2 is 2.31 bits per heavy atom. The molecule has 0 N–H and O–H groups in total. The summed E-state index contributed by atoms with van der Waals surface area (Å²) in [6.07, 6.45) is 3.84. The number of alkyl halides is 1. The van der Waals surface area contributed by atoms with Crippen LogP contribution in [0.25, 0.3) is 6.08 Å². The minimum absolute atomic E-state index is 0.519. The Hall–Kier alpha value is -1.02. The van der Waals surface area contributed by atoms with Crippen LogP contribution in [0.1, 0.15) is 11.3 Å². The van der Waals surface area contributed by atoms with E-state index in [1.165, 1.54) is 0 Å². The van der Waals surface area contributed by atoms with Gasteiger partial charge in [-0.3, -0.25) is 0 Å². The minimum Gasteiger partial charge on any atom is -0.481 e. The normalized spacial score (nSPS) is 10.7. The minimum atomic E-state index is 0.519. The predicted octanol–water partition coefficient (Wildman–Crippen LogP) is 2.65. The third-order valence-corrected chi connectivity index (χ3v) is 1.87. The number of pyridine rings is 1. The molecule has 0 radical (unpaired) electrons. The van der Waals surface area contributed by atoms with Crippen LogP contribution in [0.2, 0.25) is 0 Å². The van der Waals surface area contributed by atoms with Gasteiger partial charge in [0, 0.05) is 17.6 Å². The van der Waals surface area contributed by atoms with Crippen LogP contribution in [0, 0.1) is 6.92 Å². The van der Waals surface area contributed by atoms with Crippen molar-refractivity contribution in [3.63, 3.8) is 0 Å². The molecule has 0 unspecified atom stereocenters. The zero-order valence-electron chi connectivity index (χ0n) is 7.75. The first-order chi connectivity index (χ1) is 6.27. The summed E-state index contributed by atoms with van der Waals surface area (Å²) in [6.45, 7) is 1.94. The lowest BCUT2D eigenvalue weighted by molar-refractivity contribution is 0.397. The van der Waals surface area contributed by atoms with Gasteiger partial charge in [-0.1, -0.05) is 12.2 Å². The highest BCUT2D eigenvalue weighted by atomic mass is 35.5. The first-order valence-electron chi connectivity index (χ1n) is 4.02. The second-order valence-corrected chi connectivity index (χ2v) is 2.89. The topological polar surface area (TPSA) is 22.1 Å². The first-order valence-corrected chi connectivity index (χ1v) is 4.55. The lowest BCUT2D eigenvalue weighted by Crippen LogP contribution is -1.91. The summed E-state index contributed by atoms with van der Waals surface area (Å²) in [6, 6.07) is 3.80. The maximum Gasteiger partial charge on any atom is 0.213 e. The summed E-state index contributed by atoms with van der Waals surface area (Å²) < 4.78 is 4.99. The molecule has 0 aliphatic rings. The Balaban J connectivity index is 2.91. The van der Waals surface area contributed by atoms with E-state index in [-0.39, 0.29) is 0 Å². The van der Waals surface area contributed by atoms with Crippen molar-refractivity contribution in [2.45, 2.75) is 6.92 Å². The number of hydrogen-bond acceptors (Lipinski definition) is 2. The molecular weight excluding hydrogens is 186 g/mol. The van der Waals surface area contributed by atoms with Gasteiger partial charge in [0.25, 0.3) is 0 Å². The Bertz CT molecular complexity index is 310. The summed E-state index contributed by atoms with van der Waals surface area (Å²) in [5.41, 5.74) is 2.02. The third-order valence-electron chi connectivity index (χ3n) is 1.70. The zero-order chi connectivity index (χ0) is 9.68. The van der Waals surface area contributed by atoms with E-state index in [0.29, 0.717) is 11.8 Å². The molecule has 70 valence electrons. The maximum absolute atomic E-state index is 5.53. The molecule has 1 heterocycles. The van der Waals surface area contributed by atoms with Crippen molar-refractivity contribution in [3.05, 3.63) is 29.5 Å². The van der Waals surface area contributed by atoms with Crippen molar-refractivity contribution in [1.29, 1.82) is 0 Å². The molecule has 1 aromatic rings. The fourth-order valence-electron chi connectivity index (χ4n) is 1.01. The van der Waals surface area contributed by atoms with Crippen LogP contribution in [0.15, 0.2) is 18.2 Å². The van der Waals surface area contributed by atoms with Gasteiger partial charge >= 0.3 is 0 Å². The van der Waals surface area contributed by atoms with Crippen molar-refractivity contribution < 1.29 is 4.74 Å². The van der Waals surface area contributed by atoms with Gasteiger partial charge in [-0.25, -0.2) is 4.98 Å². The molecule has 0 saturated carbocycles. The van der Waals surface area contributed by atoms with Gasteiger partial charge in [0.05, 0.1) is 7.11 Å². The van der Waals surface area contributed by atoms with Crippen LogP contribution >= 0.6 is 11.6 Å². The Kier molecular flexibility index (Phi) is 3.77. The van der Waals surface area contributed by atoms with Gasteiger partial charge in [0.1, 0.15) is 0 Å². The summed E-state index contributed by atoms with van der Waals surface area (Å²) in [5.74, 6) is 1.16. The molecular formula is C10H12ClNO. The van der Waals surface area contributed by atoms with Crippen LogP contribution in [-0.4, -0.2) is 18.0 Å². The smallest absolute Gasteiger partial charge is 0.213 e. The van der Waals surface area contributed by atoms with Gasteiger partial charge in [0.2, 0.25) is 5.88 Å². The summed E-state index contributed by atoms with van der Waals surface area (Å²) in [4.78, 5) is 4.23. The molecule has 0 atom stereocenters. The zero-order valence-corrected chi connectivity index (χ0v) is 8.51. The van der Waals surface area contributed by atoms with E-state index in [1.807, 2.05) is 31.2 Å². The average Bonchev–Trinajstić information content (AvgIpc) is 2.16. The molecule has 0 amide bonds. The number of ether oxygens (including phenoxy) is 1. The second-order valence-electron chi connectivity index (χ2n) is 2.58. The van der Waals surface area contributed by atoms with Gasteiger partial charge < -0.3 is 4.74 Å². The molecule has 0 saturated heterocycles. The number of hydrogen-bond donors (Lipinski definition) is 0. The molecule has 0 aliphatic heterocycles. The maximum atomic E-state index is 5.53. The number of halogens is 1. The van der Waals surface area contributed by atoms with E-state index in [9.17, 15) is 0 Å². The van der Waals surface area contributed by atoms with E-state index in [1.54, 1.807) is 7.11 Å². The van der Waals surface area contributed by atoms with Crippen molar-refractivity contribution in [1.82, 2.24) is 4.98 Å². The molecule has 0 fully saturated rings. The van der Waals surface area contributed by atoms with E-state index in [4.69, 9.17) is 16.3 Å². The second kappa shape index (κ2) is 4.87. The van der Waals surface area contributed by atoms with Gasteiger partial charge in [-0.05, 0) is 18.6 Å². The molecule has 1 rings (SSSR count). The van der Waals surface area contributed by atoms with Crippen LogP contribution in [-0.2, 0) is 0 Å².